The molecule has 0 radical (unpaired) electrons. The van der Waals surface area contributed by atoms with Gasteiger partial charge >= 0.3 is 0 Å². The molecule has 31 heavy (non-hydrogen) atoms. The number of carbonyl (C=O) groups excluding carboxylic acids is 1. The maximum Gasteiger partial charge on any atom is 0.235 e. The first kappa shape index (κ1) is 19.5. The number of pyridine rings is 1. The van der Waals surface area contributed by atoms with E-state index < -0.39 is 0 Å². The van der Waals surface area contributed by atoms with Crippen molar-refractivity contribution in [2.45, 2.75) is 11.8 Å². The van der Waals surface area contributed by atoms with Gasteiger partial charge in [0.25, 0.3) is 0 Å². The molecule has 6 nitrogen and oxygen atoms in total. The topological polar surface area (TPSA) is 64.9 Å². The van der Waals surface area contributed by atoms with Crippen LogP contribution in [0, 0.1) is 6.92 Å². The zero-order chi connectivity index (χ0) is 21.2. The first-order valence-electron chi connectivity index (χ1n) is 10.0. The summed E-state index contributed by atoms with van der Waals surface area (Å²) in [5.74, 6) is 2.32. The molecular formula is C24H21N3O3S. The number of nitrogens with one attached hydrogen (secondary N) is 1. The highest BCUT2D eigenvalue weighted by molar-refractivity contribution is 8.00. The van der Waals surface area contributed by atoms with Gasteiger partial charge in [-0.1, -0.05) is 36.4 Å². The van der Waals surface area contributed by atoms with Crippen molar-refractivity contribution in [3.63, 3.8) is 0 Å². The average Bonchev–Trinajstić information content (AvgIpc) is 3.15. The first-order chi connectivity index (χ1) is 15.2. The van der Waals surface area contributed by atoms with E-state index >= 15 is 0 Å². The summed E-state index contributed by atoms with van der Waals surface area (Å²) in [6.07, 6.45) is 1.98. The van der Waals surface area contributed by atoms with E-state index in [1.54, 1.807) is 0 Å². The molecule has 1 amide bonds. The second kappa shape index (κ2) is 8.35. The van der Waals surface area contributed by atoms with E-state index in [1.165, 1.54) is 11.8 Å². The molecule has 2 aromatic carbocycles. The lowest BCUT2D eigenvalue weighted by Gasteiger charge is -2.18. The van der Waals surface area contributed by atoms with Crippen LogP contribution in [-0.2, 0) is 4.79 Å². The van der Waals surface area contributed by atoms with Gasteiger partial charge in [-0.15, -0.1) is 11.8 Å². The van der Waals surface area contributed by atoms with E-state index in [9.17, 15) is 4.79 Å². The molecular weight excluding hydrogens is 410 g/mol. The Morgan fingerprint density at radius 2 is 1.87 bits per heavy atom. The van der Waals surface area contributed by atoms with Gasteiger partial charge in [0.1, 0.15) is 30.4 Å². The zero-order valence-corrected chi connectivity index (χ0v) is 17.8. The summed E-state index contributed by atoms with van der Waals surface area (Å²) in [6.45, 7) is 3.12. The van der Waals surface area contributed by atoms with Crippen LogP contribution >= 0.6 is 11.8 Å². The number of aromatic nitrogens is 2. The number of thioether (sulfide) groups is 1. The third-order valence-electron chi connectivity index (χ3n) is 4.96. The van der Waals surface area contributed by atoms with Gasteiger partial charge in [0, 0.05) is 16.7 Å². The van der Waals surface area contributed by atoms with Crippen LogP contribution in [0.25, 0.3) is 16.9 Å². The van der Waals surface area contributed by atoms with Crippen LogP contribution in [0.5, 0.6) is 11.5 Å². The van der Waals surface area contributed by atoms with Crippen molar-refractivity contribution in [2.75, 3.05) is 24.3 Å². The van der Waals surface area contributed by atoms with Crippen molar-refractivity contribution in [3.8, 4) is 22.8 Å². The Morgan fingerprint density at radius 3 is 2.71 bits per heavy atom. The smallest absolute Gasteiger partial charge is 0.235 e. The average molecular weight is 432 g/mol. The largest absolute Gasteiger partial charge is 0.486 e. The van der Waals surface area contributed by atoms with Crippen LogP contribution in [0.15, 0.2) is 71.8 Å². The predicted octanol–water partition coefficient (Wildman–Crippen LogP) is 4.81. The Kier molecular flexibility index (Phi) is 5.26. The molecule has 0 spiro atoms. The molecule has 2 aromatic heterocycles. The number of ether oxygens (including phenoxy) is 2. The van der Waals surface area contributed by atoms with Crippen molar-refractivity contribution in [1.29, 1.82) is 0 Å². The Morgan fingerprint density at radius 1 is 1.06 bits per heavy atom. The lowest BCUT2D eigenvalue weighted by molar-refractivity contribution is -0.113. The molecule has 3 heterocycles. The zero-order valence-electron chi connectivity index (χ0n) is 17.0. The van der Waals surface area contributed by atoms with Gasteiger partial charge in [0.2, 0.25) is 5.91 Å². The molecule has 0 saturated heterocycles. The lowest BCUT2D eigenvalue weighted by Crippen LogP contribution is -2.16. The molecule has 0 atom stereocenters. The number of anilines is 1. The van der Waals surface area contributed by atoms with Gasteiger partial charge in [0.15, 0.2) is 11.5 Å². The Labute approximate surface area is 184 Å². The van der Waals surface area contributed by atoms with E-state index in [4.69, 9.17) is 14.5 Å². The van der Waals surface area contributed by atoms with Gasteiger partial charge in [-0.2, -0.15) is 0 Å². The summed E-state index contributed by atoms with van der Waals surface area (Å²) >= 11 is 1.46. The van der Waals surface area contributed by atoms with Gasteiger partial charge in [0.05, 0.1) is 5.75 Å². The third-order valence-corrected chi connectivity index (χ3v) is 5.95. The summed E-state index contributed by atoms with van der Waals surface area (Å²) in [7, 11) is 0. The minimum atomic E-state index is -0.0969. The van der Waals surface area contributed by atoms with Gasteiger partial charge in [-0.3, -0.25) is 9.20 Å². The number of rotatable bonds is 5. The summed E-state index contributed by atoms with van der Waals surface area (Å²) < 4.78 is 13.1. The second-order valence-electron chi connectivity index (χ2n) is 7.25. The number of benzene rings is 2. The molecule has 7 heteroatoms. The molecule has 0 bridgehead atoms. The normalized spacial score (nSPS) is 12.7. The lowest BCUT2D eigenvalue weighted by atomic mass is 10.1. The predicted molar refractivity (Wildman–Crippen MR) is 122 cm³/mol. The van der Waals surface area contributed by atoms with E-state index in [1.807, 2.05) is 78.2 Å². The Bertz CT molecular complexity index is 1250. The maximum atomic E-state index is 12.9. The summed E-state index contributed by atoms with van der Waals surface area (Å²) in [5.41, 5.74) is 3.59. The highest BCUT2D eigenvalue weighted by Gasteiger charge is 2.17. The third kappa shape index (κ3) is 4.09. The van der Waals surface area contributed by atoms with Crippen LogP contribution in [0.3, 0.4) is 0 Å². The van der Waals surface area contributed by atoms with Crippen LogP contribution in [0.4, 0.5) is 5.82 Å². The molecule has 1 aliphatic rings. The van der Waals surface area contributed by atoms with E-state index in [0.29, 0.717) is 19.0 Å². The van der Waals surface area contributed by atoms with Crippen molar-refractivity contribution >= 4 is 29.1 Å². The first-order valence-corrected chi connectivity index (χ1v) is 11.0. The van der Waals surface area contributed by atoms with Crippen molar-refractivity contribution in [1.82, 2.24) is 9.38 Å². The van der Waals surface area contributed by atoms with Crippen molar-refractivity contribution in [2.24, 2.45) is 0 Å². The Balaban J connectivity index is 1.38. The van der Waals surface area contributed by atoms with Gasteiger partial charge < -0.3 is 14.8 Å². The van der Waals surface area contributed by atoms with Crippen LogP contribution in [0.1, 0.15) is 5.56 Å². The summed E-state index contributed by atoms with van der Waals surface area (Å²) in [5, 5.41) is 3.08. The number of carbonyl (C=O) groups is 1. The standard InChI is InChI=1S/C24H21N3O3S/c1-16-7-10-21-25-23(17-5-3-2-4-6-17)24(27(21)14-16)26-22(28)15-31-18-8-9-19-20(13-18)30-12-11-29-19/h2-10,13-14H,11-12,15H2,1H3,(H,26,28). The van der Waals surface area contributed by atoms with Crippen LogP contribution < -0.4 is 14.8 Å². The van der Waals surface area contributed by atoms with Gasteiger partial charge in [-0.05, 0) is 36.8 Å². The fourth-order valence-corrected chi connectivity index (χ4v) is 4.22. The number of aryl methyl sites for hydroxylation is 1. The monoisotopic (exact) mass is 431 g/mol. The fraction of sp³-hybridized carbons (Fsp3) is 0.167. The summed E-state index contributed by atoms with van der Waals surface area (Å²) in [6, 6.07) is 19.6. The molecule has 156 valence electrons. The van der Waals surface area contributed by atoms with E-state index in [0.717, 1.165) is 38.9 Å². The Hall–Kier alpha value is -3.45. The maximum absolute atomic E-state index is 12.9. The van der Waals surface area contributed by atoms with E-state index in [2.05, 4.69) is 5.32 Å². The highest BCUT2D eigenvalue weighted by Crippen LogP contribution is 2.34. The minimum Gasteiger partial charge on any atom is -0.486 e. The molecule has 1 aliphatic heterocycles. The van der Waals surface area contributed by atoms with E-state index in [-0.39, 0.29) is 11.7 Å². The number of nitrogens with zero attached hydrogens (tertiary/aromatic N) is 2. The van der Waals surface area contributed by atoms with Crippen LogP contribution in [-0.4, -0.2) is 34.3 Å². The molecule has 0 saturated carbocycles. The number of imidazole rings is 1. The molecule has 0 unspecified atom stereocenters. The fourth-order valence-electron chi connectivity index (χ4n) is 3.50. The number of hydrogen-bond acceptors (Lipinski definition) is 5. The second-order valence-corrected chi connectivity index (χ2v) is 8.30. The molecule has 4 aromatic rings. The molecule has 5 rings (SSSR count). The highest BCUT2D eigenvalue weighted by atomic mass is 32.2. The van der Waals surface area contributed by atoms with Crippen LogP contribution in [0.2, 0.25) is 0 Å². The minimum absolute atomic E-state index is 0.0969. The SMILES string of the molecule is Cc1ccc2nc(-c3ccccc3)c(NC(=O)CSc3ccc4c(c3)OCCO4)n2c1. The van der Waals surface area contributed by atoms with Crippen molar-refractivity contribution < 1.29 is 14.3 Å². The quantitative estimate of drug-likeness (QED) is 0.460. The molecule has 0 fully saturated rings. The number of fused-ring (bicyclic) bond motifs is 2. The van der Waals surface area contributed by atoms with Gasteiger partial charge in [-0.25, -0.2) is 4.98 Å². The molecule has 0 aliphatic carbocycles. The number of hydrogen-bond donors (Lipinski definition) is 1. The number of amides is 1. The van der Waals surface area contributed by atoms with Crippen molar-refractivity contribution in [3.05, 3.63) is 72.4 Å². The molecule has 1 N–H and O–H groups in total. The summed E-state index contributed by atoms with van der Waals surface area (Å²) in [4.78, 5) is 18.6.